The molecular weight excluding hydrogens is 332 g/mol. The number of carbonyl (C=O) groups excluding carboxylic acids is 1. The predicted molar refractivity (Wildman–Crippen MR) is 100 cm³/mol. The van der Waals surface area contributed by atoms with Gasteiger partial charge in [-0.2, -0.15) is 0 Å². The molecule has 0 aromatic heterocycles. The SMILES string of the molecule is CCOc1ccc([C@H]2CCCN2c2ccc(C(C)=O)cc2[N+](=O)[O-])cc1. The number of nitro benzene ring substituents is 1. The summed E-state index contributed by atoms with van der Waals surface area (Å²) in [7, 11) is 0. The van der Waals surface area contributed by atoms with Crippen LogP contribution in [0.4, 0.5) is 11.4 Å². The molecule has 0 bridgehead atoms. The number of nitrogens with zero attached hydrogens (tertiary/aromatic N) is 2. The van der Waals surface area contributed by atoms with Crippen molar-refractivity contribution in [3.8, 4) is 5.75 Å². The number of nitro groups is 1. The average Bonchev–Trinajstić information content (AvgIpc) is 3.11. The van der Waals surface area contributed by atoms with Crippen molar-refractivity contribution in [3.63, 3.8) is 0 Å². The third kappa shape index (κ3) is 3.54. The zero-order chi connectivity index (χ0) is 18.7. The maximum Gasteiger partial charge on any atom is 0.293 e. The molecule has 0 unspecified atom stereocenters. The molecule has 0 N–H and O–H groups in total. The summed E-state index contributed by atoms with van der Waals surface area (Å²) >= 11 is 0. The summed E-state index contributed by atoms with van der Waals surface area (Å²) < 4.78 is 5.49. The maximum atomic E-state index is 11.6. The van der Waals surface area contributed by atoms with Crippen LogP contribution in [0.5, 0.6) is 5.75 Å². The van der Waals surface area contributed by atoms with E-state index in [2.05, 4.69) is 4.90 Å². The van der Waals surface area contributed by atoms with E-state index in [0.717, 1.165) is 30.7 Å². The molecule has 26 heavy (non-hydrogen) atoms. The first-order chi connectivity index (χ1) is 12.5. The van der Waals surface area contributed by atoms with Crippen molar-refractivity contribution in [2.24, 2.45) is 0 Å². The minimum Gasteiger partial charge on any atom is -0.494 e. The van der Waals surface area contributed by atoms with E-state index in [4.69, 9.17) is 4.74 Å². The van der Waals surface area contributed by atoms with E-state index in [-0.39, 0.29) is 17.5 Å². The fraction of sp³-hybridized carbons (Fsp3) is 0.350. The average molecular weight is 354 g/mol. The van der Waals surface area contributed by atoms with Gasteiger partial charge in [-0.3, -0.25) is 14.9 Å². The van der Waals surface area contributed by atoms with Gasteiger partial charge >= 0.3 is 0 Å². The molecule has 6 heteroatoms. The molecule has 0 aliphatic carbocycles. The molecule has 1 fully saturated rings. The van der Waals surface area contributed by atoms with E-state index in [9.17, 15) is 14.9 Å². The zero-order valence-corrected chi connectivity index (χ0v) is 15.0. The molecule has 0 amide bonds. The molecule has 1 aliphatic rings. The molecule has 0 radical (unpaired) electrons. The minimum absolute atomic E-state index is 0.0180. The number of ketones is 1. The van der Waals surface area contributed by atoms with Crippen molar-refractivity contribution >= 4 is 17.2 Å². The fourth-order valence-corrected chi connectivity index (χ4v) is 3.49. The predicted octanol–water partition coefficient (Wildman–Crippen LogP) is 4.54. The third-order valence-electron chi connectivity index (χ3n) is 4.72. The highest BCUT2D eigenvalue weighted by atomic mass is 16.6. The van der Waals surface area contributed by atoms with Crippen molar-refractivity contribution in [1.82, 2.24) is 0 Å². The molecule has 1 heterocycles. The topological polar surface area (TPSA) is 72.7 Å². The van der Waals surface area contributed by atoms with Crippen molar-refractivity contribution in [1.29, 1.82) is 0 Å². The van der Waals surface area contributed by atoms with Gasteiger partial charge in [-0.25, -0.2) is 0 Å². The Kier molecular flexibility index (Phi) is 5.21. The highest BCUT2D eigenvalue weighted by Gasteiger charge is 2.31. The normalized spacial score (nSPS) is 16.5. The largest absolute Gasteiger partial charge is 0.494 e. The van der Waals surface area contributed by atoms with Crippen molar-refractivity contribution in [2.75, 3.05) is 18.1 Å². The standard InChI is InChI=1S/C20H22N2O4/c1-3-26-17-9-6-15(7-10-17)18-5-4-12-21(18)19-11-8-16(14(2)23)13-20(19)22(24)25/h6-11,13,18H,3-5,12H2,1-2H3/t18-/m1/s1. The van der Waals surface area contributed by atoms with Crippen molar-refractivity contribution in [2.45, 2.75) is 32.7 Å². The van der Waals surface area contributed by atoms with Gasteiger partial charge in [0, 0.05) is 18.2 Å². The van der Waals surface area contributed by atoms with E-state index in [1.165, 1.54) is 13.0 Å². The molecule has 1 saturated heterocycles. The second-order valence-corrected chi connectivity index (χ2v) is 6.37. The zero-order valence-electron chi connectivity index (χ0n) is 15.0. The Hall–Kier alpha value is -2.89. The van der Waals surface area contributed by atoms with Crippen LogP contribution in [-0.2, 0) is 0 Å². The monoisotopic (exact) mass is 354 g/mol. The van der Waals surface area contributed by atoms with E-state index in [0.29, 0.717) is 17.9 Å². The number of rotatable bonds is 6. The Labute approximate surface area is 152 Å². The van der Waals surface area contributed by atoms with Gasteiger partial charge in [0.15, 0.2) is 5.78 Å². The summed E-state index contributed by atoms with van der Waals surface area (Å²) in [5, 5.41) is 11.6. The van der Waals surface area contributed by atoms with Gasteiger partial charge in [0.05, 0.1) is 17.6 Å². The first-order valence-corrected chi connectivity index (χ1v) is 8.80. The van der Waals surface area contributed by atoms with Gasteiger partial charge in [0.2, 0.25) is 0 Å². The molecular formula is C20H22N2O4. The number of hydrogen-bond acceptors (Lipinski definition) is 5. The van der Waals surface area contributed by atoms with Crippen LogP contribution in [0.3, 0.4) is 0 Å². The molecule has 2 aromatic carbocycles. The van der Waals surface area contributed by atoms with E-state index >= 15 is 0 Å². The van der Waals surface area contributed by atoms with Gasteiger partial charge in [-0.15, -0.1) is 0 Å². The smallest absolute Gasteiger partial charge is 0.293 e. The number of anilines is 1. The first-order valence-electron chi connectivity index (χ1n) is 8.80. The van der Waals surface area contributed by atoms with Crippen LogP contribution in [0.2, 0.25) is 0 Å². The number of carbonyl (C=O) groups is 1. The number of hydrogen-bond donors (Lipinski definition) is 0. The highest BCUT2D eigenvalue weighted by molar-refractivity contribution is 5.95. The lowest BCUT2D eigenvalue weighted by atomic mass is 10.0. The summed E-state index contributed by atoms with van der Waals surface area (Å²) in [6.45, 7) is 4.72. The summed E-state index contributed by atoms with van der Waals surface area (Å²) in [6, 6.07) is 12.7. The first kappa shape index (κ1) is 17.9. The number of benzene rings is 2. The van der Waals surface area contributed by atoms with Crippen LogP contribution in [0, 0.1) is 10.1 Å². The summed E-state index contributed by atoms with van der Waals surface area (Å²) in [6.07, 6.45) is 1.89. The lowest BCUT2D eigenvalue weighted by molar-refractivity contribution is -0.384. The van der Waals surface area contributed by atoms with Crippen LogP contribution >= 0.6 is 0 Å². The molecule has 0 spiro atoms. The van der Waals surface area contributed by atoms with Crippen LogP contribution in [0.15, 0.2) is 42.5 Å². The molecule has 136 valence electrons. The molecule has 0 saturated carbocycles. The Bertz CT molecular complexity index is 817. The lowest BCUT2D eigenvalue weighted by Crippen LogP contribution is -2.23. The maximum absolute atomic E-state index is 11.6. The fourth-order valence-electron chi connectivity index (χ4n) is 3.49. The van der Waals surface area contributed by atoms with Crippen molar-refractivity contribution in [3.05, 3.63) is 63.7 Å². The lowest BCUT2D eigenvalue weighted by Gasteiger charge is -2.27. The Morgan fingerprint density at radius 3 is 2.62 bits per heavy atom. The summed E-state index contributed by atoms with van der Waals surface area (Å²) in [5.41, 5.74) is 2.01. The van der Waals surface area contributed by atoms with Gasteiger partial charge in [-0.1, -0.05) is 12.1 Å². The second kappa shape index (κ2) is 7.56. The minimum atomic E-state index is -0.407. The van der Waals surface area contributed by atoms with E-state index < -0.39 is 4.92 Å². The van der Waals surface area contributed by atoms with E-state index in [1.807, 2.05) is 31.2 Å². The molecule has 1 atom stereocenters. The molecule has 3 rings (SSSR count). The molecule has 2 aromatic rings. The molecule has 1 aliphatic heterocycles. The third-order valence-corrected chi connectivity index (χ3v) is 4.72. The Morgan fingerprint density at radius 2 is 2.00 bits per heavy atom. The van der Waals surface area contributed by atoms with Crippen LogP contribution in [-0.4, -0.2) is 23.9 Å². The summed E-state index contributed by atoms with van der Waals surface area (Å²) in [5.74, 6) is 0.640. The van der Waals surface area contributed by atoms with Crippen LogP contribution < -0.4 is 9.64 Å². The highest BCUT2D eigenvalue weighted by Crippen LogP contribution is 2.41. The Morgan fingerprint density at radius 1 is 1.27 bits per heavy atom. The quantitative estimate of drug-likeness (QED) is 0.433. The number of ether oxygens (including phenoxy) is 1. The van der Waals surface area contributed by atoms with Gasteiger partial charge in [0.1, 0.15) is 11.4 Å². The Balaban J connectivity index is 1.95. The van der Waals surface area contributed by atoms with Crippen molar-refractivity contribution < 1.29 is 14.5 Å². The van der Waals surface area contributed by atoms with Gasteiger partial charge in [0.25, 0.3) is 5.69 Å². The molecule has 6 nitrogen and oxygen atoms in total. The number of Topliss-reactive ketones (excluding diaryl/α,β-unsaturated/α-hetero) is 1. The van der Waals surface area contributed by atoms with E-state index in [1.54, 1.807) is 12.1 Å². The van der Waals surface area contributed by atoms with Gasteiger partial charge < -0.3 is 9.64 Å². The van der Waals surface area contributed by atoms with Gasteiger partial charge in [-0.05, 0) is 56.5 Å². The van der Waals surface area contributed by atoms with Crippen LogP contribution in [0.25, 0.3) is 0 Å². The van der Waals surface area contributed by atoms with Crippen LogP contribution in [0.1, 0.15) is 48.7 Å². The second-order valence-electron chi connectivity index (χ2n) is 6.37. The summed E-state index contributed by atoms with van der Waals surface area (Å²) in [4.78, 5) is 24.8.